The molecule has 111 valence electrons. The second kappa shape index (κ2) is 10.3. The van der Waals surface area contributed by atoms with E-state index in [4.69, 9.17) is 10.2 Å². The number of carbonyl (C=O) groups is 2. The Morgan fingerprint density at radius 3 is 1.05 bits per heavy atom. The molecule has 2 fully saturated rings. The summed E-state index contributed by atoms with van der Waals surface area (Å²) in [4.78, 5) is 20.7. The SMILES string of the molecule is O=C(O)C1CCCCC1.O=C(O)C1CCCCC1.[Mn]. The monoisotopic (exact) mass is 311 g/mol. The topological polar surface area (TPSA) is 74.6 Å². The molecular formula is C14H24MnO4. The van der Waals surface area contributed by atoms with Gasteiger partial charge >= 0.3 is 11.9 Å². The van der Waals surface area contributed by atoms with Crippen LogP contribution in [-0.4, -0.2) is 22.2 Å². The van der Waals surface area contributed by atoms with E-state index in [-0.39, 0.29) is 28.9 Å². The molecule has 0 atom stereocenters. The number of hydrogen-bond donors (Lipinski definition) is 2. The molecule has 2 aliphatic rings. The van der Waals surface area contributed by atoms with Gasteiger partial charge in [-0.3, -0.25) is 9.59 Å². The average molecular weight is 311 g/mol. The van der Waals surface area contributed by atoms with Crippen LogP contribution in [0.4, 0.5) is 0 Å². The van der Waals surface area contributed by atoms with E-state index >= 15 is 0 Å². The van der Waals surface area contributed by atoms with Crippen molar-refractivity contribution in [1.29, 1.82) is 0 Å². The van der Waals surface area contributed by atoms with E-state index in [0.717, 1.165) is 51.4 Å². The van der Waals surface area contributed by atoms with Gasteiger partial charge in [0.05, 0.1) is 11.8 Å². The van der Waals surface area contributed by atoms with E-state index in [1.54, 1.807) is 0 Å². The molecule has 0 amide bonds. The molecule has 0 bridgehead atoms. The first-order valence-electron chi connectivity index (χ1n) is 7.07. The minimum Gasteiger partial charge on any atom is -0.481 e. The molecule has 4 nitrogen and oxygen atoms in total. The Morgan fingerprint density at radius 2 is 0.895 bits per heavy atom. The normalized spacial score (nSPS) is 20.6. The third-order valence-corrected chi connectivity index (χ3v) is 3.91. The molecule has 2 rings (SSSR count). The molecule has 2 saturated carbocycles. The van der Waals surface area contributed by atoms with Gasteiger partial charge in [0.25, 0.3) is 0 Å². The maximum absolute atomic E-state index is 10.4. The van der Waals surface area contributed by atoms with E-state index in [1.165, 1.54) is 12.8 Å². The van der Waals surface area contributed by atoms with Gasteiger partial charge < -0.3 is 10.2 Å². The second-order valence-corrected chi connectivity index (χ2v) is 5.35. The molecule has 0 heterocycles. The van der Waals surface area contributed by atoms with Gasteiger partial charge in [-0.15, -0.1) is 0 Å². The van der Waals surface area contributed by atoms with Crippen LogP contribution < -0.4 is 0 Å². The zero-order valence-electron chi connectivity index (χ0n) is 11.3. The predicted octanol–water partition coefficient (Wildman–Crippen LogP) is 3.30. The maximum atomic E-state index is 10.4. The van der Waals surface area contributed by atoms with Crippen molar-refractivity contribution >= 4 is 11.9 Å². The zero-order valence-corrected chi connectivity index (χ0v) is 12.5. The Bertz CT molecular complexity index is 241. The summed E-state index contributed by atoms with van der Waals surface area (Å²) >= 11 is 0. The molecule has 2 aliphatic carbocycles. The fourth-order valence-electron chi connectivity index (χ4n) is 2.70. The van der Waals surface area contributed by atoms with Crippen molar-refractivity contribution in [3.8, 4) is 0 Å². The maximum Gasteiger partial charge on any atom is 0.306 e. The van der Waals surface area contributed by atoms with Crippen molar-refractivity contribution < 1.29 is 36.9 Å². The fourth-order valence-corrected chi connectivity index (χ4v) is 2.70. The van der Waals surface area contributed by atoms with Crippen LogP contribution in [0.1, 0.15) is 64.2 Å². The quantitative estimate of drug-likeness (QED) is 0.767. The zero-order chi connectivity index (χ0) is 13.4. The third-order valence-electron chi connectivity index (χ3n) is 3.91. The van der Waals surface area contributed by atoms with Crippen LogP contribution in [0, 0.1) is 11.8 Å². The van der Waals surface area contributed by atoms with Gasteiger partial charge in [-0.05, 0) is 25.7 Å². The van der Waals surface area contributed by atoms with Crippen LogP contribution in [0.15, 0.2) is 0 Å². The number of carboxylic acid groups (broad SMARTS) is 2. The molecular weight excluding hydrogens is 287 g/mol. The Morgan fingerprint density at radius 1 is 0.632 bits per heavy atom. The van der Waals surface area contributed by atoms with Crippen molar-refractivity contribution in [3.05, 3.63) is 0 Å². The van der Waals surface area contributed by atoms with Crippen LogP contribution >= 0.6 is 0 Å². The van der Waals surface area contributed by atoms with Crippen molar-refractivity contribution in [2.75, 3.05) is 0 Å². The Labute approximate surface area is 125 Å². The van der Waals surface area contributed by atoms with Gasteiger partial charge in [-0.25, -0.2) is 0 Å². The Kier molecular flexibility index (Phi) is 9.98. The summed E-state index contributed by atoms with van der Waals surface area (Å²) in [5.41, 5.74) is 0. The van der Waals surface area contributed by atoms with E-state index in [9.17, 15) is 9.59 Å². The fraction of sp³-hybridized carbons (Fsp3) is 0.857. The molecule has 0 spiro atoms. The van der Waals surface area contributed by atoms with Gasteiger partial charge in [0, 0.05) is 17.1 Å². The summed E-state index contributed by atoms with van der Waals surface area (Å²) in [6.45, 7) is 0. The molecule has 1 radical (unpaired) electrons. The van der Waals surface area contributed by atoms with Gasteiger partial charge in [-0.2, -0.15) is 0 Å². The van der Waals surface area contributed by atoms with E-state index in [1.807, 2.05) is 0 Å². The summed E-state index contributed by atoms with van der Waals surface area (Å²) in [5, 5.41) is 17.1. The summed E-state index contributed by atoms with van der Waals surface area (Å²) in [7, 11) is 0. The second-order valence-electron chi connectivity index (χ2n) is 5.35. The van der Waals surface area contributed by atoms with Crippen LogP contribution in [0.3, 0.4) is 0 Å². The molecule has 0 aliphatic heterocycles. The first kappa shape index (κ1) is 18.5. The van der Waals surface area contributed by atoms with Crippen LogP contribution in [0.25, 0.3) is 0 Å². The van der Waals surface area contributed by atoms with Crippen molar-refractivity contribution in [3.63, 3.8) is 0 Å². The minimum absolute atomic E-state index is 0. The molecule has 0 aromatic rings. The molecule has 0 saturated heterocycles. The van der Waals surface area contributed by atoms with Gasteiger partial charge in [0.1, 0.15) is 0 Å². The Hall–Kier alpha value is -0.541. The van der Waals surface area contributed by atoms with Crippen LogP contribution in [-0.2, 0) is 26.7 Å². The average Bonchev–Trinajstić information content (AvgIpc) is 2.41. The van der Waals surface area contributed by atoms with E-state index < -0.39 is 11.9 Å². The largest absolute Gasteiger partial charge is 0.481 e. The third kappa shape index (κ3) is 7.58. The van der Waals surface area contributed by atoms with Gasteiger partial charge in [0.2, 0.25) is 0 Å². The summed E-state index contributed by atoms with van der Waals surface area (Å²) in [5.74, 6) is -1.26. The number of hydrogen-bond acceptors (Lipinski definition) is 2. The molecule has 0 aromatic carbocycles. The summed E-state index contributed by atoms with van der Waals surface area (Å²) in [6, 6.07) is 0. The number of rotatable bonds is 2. The molecule has 0 unspecified atom stereocenters. The smallest absolute Gasteiger partial charge is 0.306 e. The molecule has 2 N–H and O–H groups in total. The van der Waals surface area contributed by atoms with Gasteiger partial charge in [0.15, 0.2) is 0 Å². The van der Waals surface area contributed by atoms with Crippen LogP contribution in [0.2, 0.25) is 0 Å². The summed E-state index contributed by atoms with van der Waals surface area (Å²) < 4.78 is 0. The molecule has 19 heavy (non-hydrogen) atoms. The van der Waals surface area contributed by atoms with Crippen molar-refractivity contribution in [1.82, 2.24) is 0 Å². The van der Waals surface area contributed by atoms with E-state index in [0.29, 0.717) is 0 Å². The first-order valence-corrected chi connectivity index (χ1v) is 7.07. The first-order chi connectivity index (χ1) is 8.61. The number of carboxylic acids is 2. The predicted molar refractivity (Wildman–Crippen MR) is 68.4 cm³/mol. The van der Waals surface area contributed by atoms with Crippen LogP contribution in [0.5, 0.6) is 0 Å². The molecule has 5 heteroatoms. The Balaban J connectivity index is 0.000000324. The summed E-state index contributed by atoms with van der Waals surface area (Å²) in [6.07, 6.45) is 10.5. The minimum atomic E-state index is -0.602. The van der Waals surface area contributed by atoms with Gasteiger partial charge in [-0.1, -0.05) is 38.5 Å². The number of aliphatic carboxylic acids is 2. The van der Waals surface area contributed by atoms with Crippen molar-refractivity contribution in [2.45, 2.75) is 64.2 Å². The molecule has 0 aromatic heterocycles. The van der Waals surface area contributed by atoms with Crippen molar-refractivity contribution in [2.24, 2.45) is 11.8 Å². The van der Waals surface area contributed by atoms with E-state index in [2.05, 4.69) is 0 Å². The standard InChI is InChI=1S/2C7H12O2.Mn/c2*8-7(9)6-4-2-1-3-5-6;/h2*6H,1-5H2,(H,8,9);.